The van der Waals surface area contributed by atoms with Gasteiger partial charge in [-0.25, -0.2) is 9.18 Å². The van der Waals surface area contributed by atoms with Crippen molar-refractivity contribution in [2.24, 2.45) is 0 Å². The molecule has 0 saturated heterocycles. The van der Waals surface area contributed by atoms with Crippen molar-refractivity contribution in [1.29, 1.82) is 0 Å². The van der Waals surface area contributed by atoms with Crippen LogP contribution in [0.5, 0.6) is 5.75 Å². The number of carboxylic acids is 1. The van der Waals surface area contributed by atoms with Crippen LogP contribution in [0.1, 0.15) is 49.1 Å². The van der Waals surface area contributed by atoms with Gasteiger partial charge >= 0.3 is 5.97 Å². The number of aryl methyl sites for hydroxylation is 1. The van der Waals surface area contributed by atoms with Gasteiger partial charge in [-0.1, -0.05) is 12.1 Å². The molecule has 0 radical (unpaired) electrons. The minimum atomic E-state index is -1.30. The fraction of sp³-hybridized carbons (Fsp3) is 0.310. The molecule has 0 amide bonds. The van der Waals surface area contributed by atoms with Gasteiger partial charge in [-0.2, -0.15) is 0 Å². The Balaban J connectivity index is 1.94. The number of fused-ring (bicyclic) bond motifs is 1. The Morgan fingerprint density at radius 3 is 2.67 bits per heavy atom. The number of carboxylic acid groups (broad SMARTS) is 1. The van der Waals surface area contributed by atoms with E-state index < -0.39 is 30.1 Å². The van der Waals surface area contributed by atoms with Gasteiger partial charge < -0.3 is 19.7 Å². The molecule has 186 valence electrons. The summed E-state index contributed by atoms with van der Waals surface area (Å²) in [6, 6.07) is 10.6. The Morgan fingerprint density at radius 1 is 1.19 bits per heavy atom. The Labute approximate surface area is 208 Å². The number of hydrogen-bond acceptors (Lipinski definition) is 5. The number of pyridine rings is 1. The van der Waals surface area contributed by atoms with Crippen LogP contribution in [0, 0.1) is 12.7 Å². The van der Waals surface area contributed by atoms with Crippen LogP contribution in [0.3, 0.4) is 0 Å². The molecule has 6 nitrogen and oxygen atoms in total. The molecule has 0 fully saturated rings. The summed E-state index contributed by atoms with van der Waals surface area (Å²) < 4.78 is 27.4. The van der Waals surface area contributed by atoms with Crippen LogP contribution in [-0.4, -0.2) is 33.4 Å². The standard InChI is InChI=1S/C29H28FNO5/c1-15-13-20-18(6-5-17(14-32)25(20)30)24(22(15)27(28(33)34)36-29(2,3)4)19-7-8-21-23-16(10-12-35-21)9-11-31-26(19)23/h5-9,11,13,27,32H,10,12,14H2,1-4H3,(H,33,34)/t27-/m1/s1. The van der Waals surface area contributed by atoms with Gasteiger partial charge in [-0.3, -0.25) is 4.98 Å². The SMILES string of the molecule is Cc1cc2c(F)c(CO)ccc2c(-c2ccc3c4c(ccnc24)CCO3)c1[C@@H](OC(C)(C)C)C(=O)O. The van der Waals surface area contributed by atoms with Gasteiger partial charge in [0.2, 0.25) is 0 Å². The van der Waals surface area contributed by atoms with E-state index in [0.717, 1.165) is 23.1 Å². The molecular formula is C29H28FNO5. The van der Waals surface area contributed by atoms with E-state index in [-0.39, 0.29) is 5.56 Å². The van der Waals surface area contributed by atoms with Crippen LogP contribution in [-0.2, 0) is 22.6 Å². The number of aliphatic carboxylic acids is 1. The molecule has 3 aromatic carbocycles. The summed E-state index contributed by atoms with van der Waals surface area (Å²) in [6.45, 7) is 7.28. The van der Waals surface area contributed by atoms with Crippen molar-refractivity contribution in [3.63, 3.8) is 0 Å². The first kappa shape index (κ1) is 24.2. The van der Waals surface area contributed by atoms with Crippen LogP contribution in [0.15, 0.2) is 42.6 Å². The highest BCUT2D eigenvalue weighted by Crippen LogP contribution is 2.45. The van der Waals surface area contributed by atoms with Crippen LogP contribution in [0.25, 0.3) is 32.8 Å². The highest BCUT2D eigenvalue weighted by atomic mass is 19.1. The Morgan fingerprint density at radius 2 is 1.97 bits per heavy atom. The van der Waals surface area contributed by atoms with E-state index in [0.29, 0.717) is 45.1 Å². The van der Waals surface area contributed by atoms with Crippen LogP contribution < -0.4 is 4.74 Å². The fourth-order valence-electron chi connectivity index (χ4n) is 5.07. The first-order valence-corrected chi connectivity index (χ1v) is 11.9. The highest BCUT2D eigenvalue weighted by molar-refractivity contribution is 6.09. The molecule has 1 atom stereocenters. The lowest BCUT2D eigenvalue weighted by Gasteiger charge is -2.29. The first-order chi connectivity index (χ1) is 17.1. The number of ether oxygens (including phenoxy) is 2. The smallest absolute Gasteiger partial charge is 0.337 e. The highest BCUT2D eigenvalue weighted by Gasteiger charge is 2.33. The predicted molar refractivity (Wildman–Crippen MR) is 136 cm³/mol. The maximum absolute atomic E-state index is 15.5. The quantitative estimate of drug-likeness (QED) is 0.364. The molecule has 0 unspecified atom stereocenters. The fourth-order valence-corrected chi connectivity index (χ4v) is 5.07. The molecule has 0 spiro atoms. The van der Waals surface area contributed by atoms with Crippen molar-refractivity contribution in [2.75, 3.05) is 6.61 Å². The number of halogens is 1. The molecular weight excluding hydrogens is 461 g/mol. The van der Waals surface area contributed by atoms with E-state index >= 15 is 4.39 Å². The van der Waals surface area contributed by atoms with E-state index in [4.69, 9.17) is 9.47 Å². The monoisotopic (exact) mass is 489 g/mol. The largest absolute Gasteiger partial charge is 0.493 e. The molecule has 1 aliphatic rings. The molecule has 0 saturated carbocycles. The minimum Gasteiger partial charge on any atom is -0.493 e. The van der Waals surface area contributed by atoms with Gasteiger partial charge in [0, 0.05) is 40.1 Å². The lowest BCUT2D eigenvalue weighted by Crippen LogP contribution is -2.28. The molecule has 2 heterocycles. The Hall–Kier alpha value is -3.55. The molecule has 5 rings (SSSR count). The van der Waals surface area contributed by atoms with Gasteiger partial charge in [0.05, 0.1) is 24.3 Å². The van der Waals surface area contributed by atoms with Crippen molar-refractivity contribution in [3.05, 3.63) is 70.7 Å². The second-order valence-electron chi connectivity index (χ2n) is 10.1. The van der Waals surface area contributed by atoms with Gasteiger partial charge in [0.1, 0.15) is 11.6 Å². The zero-order chi connectivity index (χ0) is 25.8. The summed E-state index contributed by atoms with van der Waals surface area (Å²) in [5, 5.41) is 21.6. The van der Waals surface area contributed by atoms with E-state index in [1.165, 1.54) is 6.07 Å². The van der Waals surface area contributed by atoms with E-state index in [2.05, 4.69) is 4.98 Å². The predicted octanol–water partition coefficient (Wildman–Crippen LogP) is 5.87. The van der Waals surface area contributed by atoms with E-state index in [9.17, 15) is 15.0 Å². The zero-order valence-corrected chi connectivity index (χ0v) is 20.7. The van der Waals surface area contributed by atoms with Crippen molar-refractivity contribution >= 4 is 27.6 Å². The van der Waals surface area contributed by atoms with Gasteiger partial charge in [-0.05, 0) is 74.0 Å². The number of hydrogen-bond donors (Lipinski definition) is 2. The third-order valence-corrected chi connectivity index (χ3v) is 6.55. The molecule has 0 bridgehead atoms. The maximum atomic E-state index is 15.5. The van der Waals surface area contributed by atoms with Crippen LogP contribution in [0.2, 0.25) is 0 Å². The molecule has 0 aliphatic carbocycles. The number of rotatable bonds is 5. The topological polar surface area (TPSA) is 88.9 Å². The summed E-state index contributed by atoms with van der Waals surface area (Å²) in [5.41, 5.74) is 3.40. The summed E-state index contributed by atoms with van der Waals surface area (Å²) in [6.07, 6.45) is 1.17. The summed E-state index contributed by atoms with van der Waals surface area (Å²) in [7, 11) is 0. The van der Waals surface area contributed by atoms with Crippen molar-refractivity contribution < 1.29 is 28.9 Å². The van der Waals surface area contributed by atoms with Crippen LogP contribution >= 0.6 is 0 Å². The summed E-state index contributed by atoms with van der Waals surface area (Å²) in [5.74, 6) is -0.954. The molecule has 2 N–H and O–H groups in total. The number of aliphatic hydroxyl groups excluding tert-OH is 1. The Kier molecular flexibility index (Phi) is 5.93. The van der Waals surface area contributed by atoms with Gasteiger partial charge in [-0.15, -0.1) is 0 Å². The number of benzene rings is 3. The molecule has 4 aromatic rings. The summed E-state index contributed by atoms with van der Waals surface area (Å²) >= 11 is 0. The van der Waals surface area contributed by atoms with Gasteiger partial charge in [0.25, 0.3) is 0 Å². The third kappa shape index (κ3) is 3.98. The van der Waals surface area contributed by atoms with Crippen LogP contribution in [0.4, 0.5) is 4.39 Å². The number of carbonyl (C=O) groups is 1. The lowest BCUT2D eigenvalue weighted by molar-refractivity contribution is -0.160. The number of aliphatic hydroxyl groups is 1. The molecule has 1 aliphatic heterocycles. The first-order valence-electron chi connectivity index (χ1n) is 11.9. The summed E-state index contributed by atoms with van der Waals surface area (Å²) in [4.78, 5) is 17.2. The van der Waals surface area contributed by atoms with E-state index in [1.54, 1.807) is 46.0 Å². The average molecular weight is 490 g/mol. The third-order valence-electron chi connectivity index (χ3n) is 6.55. The zero-order valence-electron chi connectivity index (χ0n) is 20.7. The minimum absolute atomic E-state index is 0.171. The van der Waals surface area contributed by atoms with E-state index in [1.807, 2.05) is 18.2 Å². The van der Waals surface area contributed by atoms with Crippen molar-refractivity contribution in [1.82, 2.24) is 4.98 Å². The van der Waals surface area contributed by atoms with Crippen molar-refractivity contribution in [3.8, 4) is 16.9 Å². The second-order valence-corrected chi connectivity index (χ2v) is 10.1. The molecule has 36 heavy (non-hydrogen) atoms. The Bertz CT molecular complexity index is 1510. The molecule has 7 heteroatoms. The number of aromatic nitrogens is 1. The number of nitrogens with zero attached hydrogens (tertiary/aromatic N) is 1. The lowest BCUT2D eigenvalue weighted by atomic mass is 9.85. The van der Waals surface area contributed by atoms with Gasteiger partial charge in [0.15, 0.2) is 6.10 Å². The second kappa shape index (κ2) is 8.84. The maximum Gasteiger partial charge on any atom is 0.337 e. The normalized spacial score (nSPS) is 14.2. The van der Waals surface area contributed by atoms with Crippen molar-refractivity contribution in [2.45, 2.75) is 52.4 Å². The molecule has 1 aromatic heterocycles. The average Bonchev–Trinajstić information content (AvgIpc) is 2.83.